The van der Waals surface area contributed by atoms with Crippen LogP contribution in [0.4, 0.5) is 0 Å². The van der Waals surface area contributed by atoms with Crippen molar-refractivity contribution < 1.29 is 0 Å². The molecular formula is C16H26N4S. The number of aromatic nitrogens is 2. The number of hydrogen-bond donors (Lipinski definition) is 2. The van der Waals surface area contributed by atoms with E-state index in [1.807, 2.05) is 11.3 Å². The van der Waals surface area contributed by atoms with Crippen molar-refractivity contribution in [3.8, 4) is 0 Å². The van der Waals surface area contributed by atoms with Crippen LogP contribution in [0.2, 0.25) is 0 Å². The zero-order chi connectivity index (χ0) is 15.4. The molecule has 3 N–H and O–H groups in total. The number of nitrogens with one attached hydrogen (secondary N) is 1. The van der Waals surface area contributed by atoms with Gasteiger partial charge in [0.25, 0.3) is 0 Å². The van der Waals surface area contributed by atoms with E-state index in [1.54, 1.807) is 0 Å². The second kappa shape index (κ2) is 7.20. The molecule has 0 aliphatic rings. The van der Waals surface area contributed by atoms with Crippen LogP contribution in [0.3, 0.4) is 0 Å². The minimum absolute atomic E-state index is 0.132. The highest BCUT2D eigenvalue weighted by molar-refractivity contribution is 7.12. The molecule has 0 amide bonds. The van der Waals surface area contributed by atoms with Gasteiger partial charge in [0.1, 0.15) is 0 Å². The fourth-order valence-corrected chi connectivity index (χ4v) is 3.68. The van der Waals surface area contributed by atoms with Gasteiger partial charge in [-0.3, -0.25) is 16.0 Å². The van der Waals surface area contributed by atoms with Gasteiger partial charge in [0.05, 0.1) is 17.8 Å². The first-order chi connectivity index (χ1) is 10.1. The van der Waals surface area contributed by atoms with Crippen LogP contribution < -0.4 is 11.3 Å². The topological polar surface area (TPSA) is 55.9 Å². The highest BCUT2D eigenvalue weighted by atomic mass is 32.1. The minimum atomic E-state index is 0.132. The zero-order valence-electron chi connectivity index (χ0n) is 13.4. The maximum Gasteiger partial charge on any atom is 0.0644 e. The summed E-state index contributed by atoms with van der Waals surface area (Å²) in [5.41, 5.74) is 5.36. The molecular weight excluding hydrogens is 280 g/mol. The van der Waals surface area contributed by atoms with Crippen LogP contribution in [0.5, 0.6) is 0 Å². The molecule has 0 fully saturated rings. The first kappa shape index (κ1) is 16.2. The van der Waals surface area contributed by atoms with Crippen LogP contribution in [0.1, 0.15) is 59.8 Å². The molecule has 0 aliphatic heterocycles. The Morgan fingerprint density at radius 1 is 1.33 bits per heavy atom. The molecule has 21 heavy (non-hydrogen) atoms. The number of aryl methyl sites for hydroxylation is 2. The third-order valence-electron chi connectivity index (χ3n) is 4.12. The molecule has 0 saturated carbocycles. The second-order valence-electron chi connectivity index (χ2n) is 5.57. The summed E-state index contributed by atoms with van der Waals surface area (Å²) in [6.45, 7) is 8.71. The molecule has 2 rings (SSSR count). The Balaban J connectivity index is 2.12. The molecule has 0 aliphatic carbocycles. The Morgan fingerprint density at radius 3 is 2.57 bits per heavy atom. The average molecular weight is 306 g/mol. The first-order valence-electron chi connectivity index (χ1n) is 7.66. The van der Waals surface area contributed by atoms with Crippen molar-refractivity contribution in [2.45, 2.75) is 59.0 Å². The van der Waals surface area contributed by atoms with Gasteiger partial charge in [-0.1, -0.05) is 13.8 Å². The summed E-state index contributed by atoms with van der Waals surface area (Å²) >= 11 is 1.81. The lowest BCUT2D eigenvalue weighted by atomic mass is 10.1. The van der Waals surface area contributed by atoms with Gasteiger partial charge in [-0.15, -0.1) is 11.3 Å². The summed E-state index contributed by atoms with van der Waals surface area (Å²) in [7, 11) is 0. The fraction of sp³-hybridized carbons (Fsp3) is 0.562. The van der Waals surface area contributed by atoms with Gasteiger partial charge >= 0.3 is 0 Å². The predicted molar refractivity (Wildman–Crippen MR) is 89.4 cm³/mol. The number of hydrazine groups is 1. The van der Waals surface area contributed by atoms with Gasteiger partial charge in [-0.2, -0.15) is 5.10 Å². The lowest BCUT2D eigenvalue weighted by molar-refractivity contribution is 0.423. The van der Waals surface area contributed by atoms with Crippen LogP contribution in [-0.2, 0) is 6.42 Å². The molecule has 2 aromatic heterocycles. The van der Waals surface area contributed by atoms with Crippen LogP contribution >= 0.6 is 11.3 Å². The molecule has 5 heteroatoms. The van der Waals surface area contributed by atoms with E-state index in [1.165, 1.54) is 15.3 Å². The number of nitrogens with zero attached hydrogens (tertiary/aromatic N) is 2. The zero-order valence-corrected chi connectivity index (χ0v) is 14.2. The van der Waals surface area contributed by atoms with Crippen LogP contribution in [0.25, 0.3) is 0 Å². The molecule has 4 nitrogen and oxygen atoms in total. The monoisotopic (exact) mass is 306 g/mol. The lowest BCUT2D eigenvalue weighted by Gasteiger charge is -2.14. The van der Waals surface area contributed by atoms with Gasteiger partial charge in [0.15, 0.2) is 0 Å². The van der Waals surface area contributed by atoms with E-state index >= 15 is 0 Å². The molecule has 2 aromatic rings. The minimum Gasteiger partial charge on any atom is -0.271 e. The van der Waals surface area contributed by atoms with E-state index in [0.717, 1.165) is 25.0 Å². The van der Waals surface area contributed by atoms with Crippen molar-refractivity contribution in [3.05, 3.63) is 39.3 Å². The van der Waals surface area contributed by atoms with Gasteiger partial charge in [0, 0.05) is 22.4 Å². The maximum absolute atomic E-state index is 5.75. The summed E-state index contributed by atoms with van der Waals surface area (Å²) in [5, 5.41) is 4.72. The van der Waals surface area contributed by atoms with Gasteiger partial charge < -0.3 is 0 Å². The Hall–Kier alpha value is -1.17. The average Bonchev–Trinajstić information content (AvgIpc) is 3.06. The molecule has 0 bridgehead atoms. The predicted octanol–water partition coefficient (Wildman–Crippen LogP) is 3.67. The largest absolute Gasteiger partial charge is 0.271 e. The number of hydrogen-bond acceptors (Lipinski definition) is 4. The molecule has 2 heterocycles. The molecule has 0 aromatic carbocycles. The van der Waals surface area contributed by atoms with Crippen molar-refractivity contribution in [3.63, 3.8) is 0 Å². The molecule has 0 saturated heterocycles. The highest BCUT2D eigenvalue weighted by Gasteiger charge is 2.16. The SMILES string of the molecule is CCC(CC)n1ccc(CC(NN)c2cc(C)c(C)s2)n1. The van der Waals surface area contributed by atoms with Crippen LogP contribution in [0.15, 0.2) is 18.3 Å². The van der Waals surface area contributed by atoms with Gasteiger partial charge in [0.2, 0.25) is 0 Å². The molecule has 116 valence electrons. The summed E-state index contributed by atoms with van der Waals surface area (Å²) < 4.78 is 2.09. The van der Waals surface area contributed by atoms with E-state index in [9.17, 15) is 0 Å². The van der Waals surface area contributed by atoms with Crippen LogP contribution in [-0.4, -0.2) is 9.78 Å². The fourth-order valence-electron chi connectivity index (χ4n) is 2.58. The van der Waals surface area contributed by atoms with Crippen molar-refractivity contribution >= 4 is 11.3 Å². The number of thiophene rings is 1. The van der Waals surface area contributed by atoms with E-state index in [0.29, 0.717) is 6.04 Å². The van der Waals surface area contributed by atoms with Gasteiger partial charge in [-0.25, -0.2) is 0 Å². The Labute approximate surface area is 131 Å². The lowest BCUT2D eigenvalue weighted by Crippen LogP contribution is -2.29. The standard InChI is InChI=1S/C16H26N4S/c1-5-14(6-2)20-8-7-13(19-20)10-15(18-17)16-9-11(3)12(4)21-16/h7-9,14-15,18H,5-6,10,17H2,1-4H3. The van der Waals surface area contributed by atoms with E-state index < -0.39 is 0 Å². The Kier molecular flexibility index (Phi) is 5.56. The first-order valence-corrected chi connectivity index (χ1v) is 8.47. The van der Waals surface area contributed by atoms with E-state index in [4.69, 9.17) is 10.9 Å². The molecule has 0 radical (unpaired) electrons. The quantitative estimate of drug-likeness (QED) is 0.606. The van der Waals surface area contributed by atoms with Crippen LogP contribution in [0, 0.1) is 13.8 Å². The van der Waals surface area contributed by atoms with Crippen molar-refractivity contribution in [1.29, 1.82) is 0 Å². The second-order valence-corrected chi connectivity index (χ2v) is 6.86. The highest BCUT2D eigenvalue weighted by Crippen LogP contribution is 2.28. The summed E-state index contributed by atoms with van der Waals surface area (Å²) in [6.07, 6.45) is 5.13. The summed E-state index contributed by atoms with van der Waals surface area (Å²) in [6, 6.07) is 4.96. The van der Waals surface area contributed by atoms with E-state index in [2.05, 4.69) is 56.1 Å². The summed E-state index contributed by atoms with van der Waals surface area (Å²) in [5.74, 6) is 5.75. The third kappa shape index (κ3) is 3.73. The Bertz CT molecular complexity index is 549. The third-order valence-corrected chi connectivity index (χ3v) is 5.39. The van der Waals surface area contributed by atoms with E-state index in [-0.39, 0.29) is 6.04 Å². The summed E-state index contributed by atoms with van der Waals surface area (Å²) in [4.78, 5) is 2.64. The Morgan fingerprint density at radius 2 is 2.05 bits per heavy atom. The van der Waals surface area contributed by atoms with Crippen molar-refractivity contribution in [1.82, 2.24) is 15.2 Å². The molecule has 0 spiro atoms. The number of rotatable bonds is 7. The molecule has 1 unspecified atom stereocenters. The number of nitrogens with two attached hydrogens (primary N) is 1. The smallest absolute Gasteiger partial charge is 0.0644 e. The molecule has 1 atom stereocenters. The van der Waals surface area contributed by atoms with Gasteiger partial charge in [-0.05, 0) is 44.4 Å². The van der Waals surface area contributed by atoms with Crippen molar-refractivity contribution in [2.24, 2.45) is 5.84 Å². The maximum atomic E-state index is 5.75. The normalized spacial score (nSPS) is 13.0. The van der Waals surface area contributed by atoms with Crippen molar-refractivity contribution in [2.75, 3.05) is 0 Å².